The Morgan fingerprint density at radius 1 is 1.09 bits per heavy atom. The quantitative estimate of drug-likeness (QED) is 0.645. The molecular weight excluding hydrogens is 497 g/mol. The first-order chi connectivity index (χ1) is 16.6. The Bertz CT molecular complexity index is 1230. The number of fused-ring (bicyclic) bond motifs is 1. The van der Waals surface area contributed by atoms with Crippen molar-refractivity contribution in [2.75, 3.05) is 31.1 Å². The molecule has 6 nitrogen and oxygen atoms in total. The highest BCUT2D eigenvalue weighted by Crippen LogP contribution is 2.51. The molecule has 2 aliphatic carbocycles. The van der Waals surface area contributed by atoms with Gasteiger partial charge in [-0.05, 0) is 74.0 Å². The molecule has 1 aromatic heterocycles. The minimum absolute atomic E-state index is 0.0156. The van der Waals surface area contributed by atoms with Crippen LogP contribution in [0.5, 0.6) is 0 Å². The van der Waals surface area contributed by atoms with Gasteiger partial charge in [0, 0.05) is 25.2 Å². The van der Waals surface area contributed by atoms with E-state index in [-0.39, 0.29) is 18.4 Å². The molecular formula is C24H29F3N4O2S2. The summed E-state index contributed by atoms with van der Waals surface area (Å²) < 4.78 is 68.0. The van der Waals surface area contributed by atoms with E-state index in [1.807, 2.05) is 6.20 Å². The maximum atomic E-state index is 13.1. The van der Waals surface area contributed by atoms with Gasteiger partial charge in [0.2, 0.25) is 0 Å². The minimum Gasteiger partial charge on any atom is -0.362 e. The second-order valence-corrected chi connectivity index (χ2v) is 13.1. The Kier molecular flexibility index (Phi) is 5.70. The first kappa shape index (κ1) is 23.7. The van der Waals surface area contributed by atoms with E-state index >= 15 is 0 Å². The molecule has 2 saturated heterocycles. The first-order valence-electron chi connectivity index (χ1n) is 12.3. The summed E-state index contributed by atoms with van der Waals surface area (Å²) in [7, 11) is -4.17. The van der Waals surface area contributed by atoms with Crippen LogP contribution in [-0.4, -0.2) is 55.6 Å². The molecule has 6 rings (SSSR count). The van der Waals surface area contributed by atoms with Gasteiger partial charge in [0.25, 0.3) is 10.2 Å². The molecule has 1 N–H and O–H groups in total. The van der Waals surface area contributed by atoms with Gasteiger partial charge in [0.1, 0.15) is 16.6 Å². The van der Waals surface area contributed by atoms with Crippen LogP contribution >= 0.6 is 11.3 Å². The van der Waals surface area contributed by atoms with Gasteiger partial charge in [0.15, 0.2) is 0 Å². The van der Waals surface area contributed by atoms with Gasteiger partial charge in [-0.1, -0.05) is 23.5 Å². The summed E-state index contributed by atoms with van der Waals surface area (Å²) >= 11 is 1.70. The van der Waals surface area contributed by atoms with Crippen LogP contribution in [-0.2, 0) is 23.1 Å². The average Bonchev–Trinajstić information content (AvgIpc) is 3.43. The zero-order valence-electron chi connectivity index (χ0n) is 19.4. The molecule has 1 aromatic carbocycles. The van der Waals surface area contributed by atoms with Crippen LogP contribution in [0.1, 0.15) is 43.2 Å². The van der Waals surface area contributed by atoms with Crippen LogP contribution in [0.4, 0.5) is 18.2 Å². The van der Waals surface area contributed by atoms with E-state index in [1.54, 1.807) is 11.3 Å². The second-order valence-electron chi connectivity index (χ2n) is 10.4. The fourth-order valence-electron chi connectivity index (χ4n) is 6.64. The molecule has 11 heteroatoms. The third kappa shape index (κ3) is 4.28. The second kappa shape index (κ2) is 8.43. The van der Waals surface area contributed by atoms with Crippen molar-refractivity contribution in [3.8, 4) is 10.6 Å². The summed E-state index contributed by atoms with van der Waals surface area (Å²) in [6.07, 6.45) is 4.05. The molecule has 3 heterocycles. The monoisotopic (exact) mass is 526 g/mol. The number of thiazole rings is 1. The van der Waals surface area contributed by atoms with Gasteiger partial charge in [-0.15, -0.1) is 0 Å². The number of alkyl halides is 3. The standard InChI is InChI=1S/C24H29F3N4O2S2/c25-24(26,27)15-31-14-23(29-35(31,32)33)19-6-7-20(23)12-18-10-17(5-4-16(18)11-19)22-28-13-21(34-22)30-8-2-1-3-9-30/h4-5,10,13,19-20,29H,1-3,6-9,11-12,14-15H2/t19-,20+,23+/m0/s1. The summed E-state index contributed by atoms with van der Waals surface area (Å²) in [5.41, 5.74) is 2.54. The Morgan fingerprint density at radius 3 is 2.51 bits per heavy atom. The molecule has 0 radical (unpaired) electrons. The maximum Gasteiger partial charge on any atom is 0.402 e. The fourth-order valence-corrected chi connectivity index (χ4v) is 9.31. The highest BCUT2D eigenvalue weighted by atomic mass is 32.2. The molecule has 3 fully saturated rings. The van der Waals surface area contributed by atoms with Gasteiger partial charge < -0.3 is 4.90 Å². The summed E-state index contributed by atoms with van der Waals surface area (Å²) in [5, 5.41) is 2.16. The van der Waals surface area contributed by atoms with Gasteiger partial charge in [0.05, 0.1) is 11.7 Å². The Balaban J connectivity index is 1.27. The summed E-state index contributed by atoms with van der Waals surface area (Å²) in [6.45, 7) is 0.581. The number of anilines is 1. The van der Waals surface area contributed by atoms with Crippen molar-refractivity contribution in [1.82, 2.24) is 14.0 Å². The predicted octanol–water partition coefficient (Wildman–Crippen LogP) is 4.38. The third-order valence-electron chi connectivity index (χ3n) is 8.32. The number of halogens is 3. The zero-order valence-corrected chi connectivity index (χ0v) is 21.0. The summed E-state index contributed by atoms with van der Waals surface area (Å²) in [5.74, 6) is -0.0459. The number of nitrogens with zero attached hydrogens (tertiary/aromatic N) is 3. The molecule has 3 atom stereocenters. The Labute approximate surface area is 207 Å². The van der Waals surface area contributed by atoms with E-state index < -0.39 is 28.5 Å². The van der Waals surface area contributed by atoms with Crippen LogP contribution in [0, 0.1) is 11.8 Å². The molecule has 35 heavy (non-hydrogen) atoms. The molecule has 1 spiro atoms. The Morgan fingerprint density at radius 2 is 1.80 bits per heavy atom. The van der Waals surface area contributed by atoms with Crippen LogP contribution < -0.4 is 9.62 Å². The highest BCUT2D eigenvalue weighted by Gasteiger charge is 2.60. The number of hydrogen-bond donors (Lipinski definition) is 1. The molecule has 2 aliphatic heterocycles. The van der Waals surface area contributed by atoms with E-state index in [0.29, 0.717) is 17.1 Å². The van der Waals surface area contributed by atoms with Crippen molar-refractivity contribution >= 4 is 26.5 Å². The SMILES string of the molecule is O=S1(=O)N[C@@]2(CN1CC(F)(F)F)[C@@H]1CC[C@H]2Cc2ccc(-c3ncc(N4CCCCC4)s3)cc2C1. The number of rotatable bonds is 3. The molecule has 2 aromatic rings. The van der Waals surface area contributed by atoms with E-state index in [0.717, 1.165) is 42.1 Å². The zero-order chi connectivity index (χ0) is 24.4. The lowest BCUT2D eigenvalue weighted by Crippen LogP contribution is -2.52. The van der Waals surface area contributed by atoms with E-state index in [1.165, 1.54) is 29.8 Å². The van der Waals surface area contributed by atoms with Crippen molar-refractivity contribution in [1.29, 1.82) is 0 Å². The van der Waals surface area contributed by atoms with E-state index in [2.05, 4.69) is 32.8 Å². The normalized spacial score (nSPS) is 30.5. The average molecular weight is 527 g/mol. The van der Waals surface area contributed by atoms with E-state index in [4.69, 9.17) is 0 Å². The minimum atomic E-state index is -4.57. The molecule has 4 aliphatic rings. The Hall–Kier alpha value is -1.69. The molecule has 0 amide bonds. The summed E-state index contributed by atoms with van der Waals surface area (Å²) in [4.78, 5) is 7.09. The number of benzene rings is 1. The van der Waals surface area contributed by atoms with Crippen LogP contribution in [0.25, 0.3) is 10.6 Å². The topological polar surface area (TPSA) is 65.5 Å². The van der Waals surface area contributed by atoms with Gasteiger partial charge in [-0.25, -0.2) is 4.98 Å². The van der Waals surface area contributed by atoms with Crippen LogP contribution in [0.2, 0.25) is 0 Å². The lowest BCUT2D eigenvalue weighted by Gasteiger charge is -2.33. The number of aromatic nitrogens is 1. The summed E-state index contributed by atoms with van der Waals surface area (Å²) in [6, 6.07) is 6.36. The predicted molar refractivity (Wildman–Crippen MR) is 130 cm³/mol. The van der Waals surface area contributed by atoms with Gasteiger partial charge >= 0.3 is 6.18 Å². The number of nitrogens with one attached hydrogen (secondary N) is 1. The van der Waals surface area contributed by atoms with Gasteiger partial charge in [-0.2, -0.15) is 30.6 Å². The van der Waals surface area contributed by atoms with E-state index in [9.17, 15) is 21.6 Å². The fraction of sp³-hybridized carbons (Fsp3) is 0.625. The molecule has 2 bridgehead atoms. The molecule has 1 saturated carbocycles. The largest absolute Gasteiger partial charge is 0.402 e. The van der Waals surface area contributed by atoms with Crippen molar-refractivity contribution in [2.45, 2.75) is 56.7 Å². The van der Waals surface area contributed by atoms with Crippen LogP contribution in [0.3, 0.4) is 0 Å². The lowest BCUT2D eigenvalue weighted by molar-refractivity contribution is -0.136. The van der Waals surface area contributed by atoms with Gasteiger partial charge in [-0.3, -0.25) is 0 Å². The third-order valence-corrected chi connectivity index (χ3v) is 11.0. The maximum absolute atomic E-state index is 13.1. The smallest absolute Gasteiger partial charge is 0.362 e. The number of hydrogen-bond acceptors (Lipinski definition) is 5. The van der Waals surface area contributed by atoms with Crippen LogP contribution in [0.15, 0.2) is 24.4 Å². The lowest BCUT2D eigenvalue weighted by atomic mass is 9.79. The van der Waals surface area contributed by atoms with Crippen molar-refractivity contribution in [2.24, 2.45) is 11.8 Å². The van der Waals surface area contributed by atoms with Crippen molar-refractivity contribution in [3.63, 3.8) is 0 Å². The van der Waals surface area contributed by atoms with Crippen molar-refractivity contribution < 1.29 is 21.6 Å². The first-order valence-corrected chi connectivity index (χ1v) is 14.6. The molecule has 190 valence electrons. The molecule has 0 unspecified atom stereocenters. The highest BCUT2D eigenvalue weighted by molar-refractivity contribution is 7.87. The van der Waals surface area contributed by atoms with Crippen molar-refractivity contribution in [3.05, 3.63) is 35.5 Å². The number of piperidine rings is 1.